The van der Waals surface area contributed by atoms with E-state index in [9.17, 15) is 5.11 Å². The fourth-order valence-electron chi connectivity index (χ4n) is 2.73. The monoisotopic (exact) mass is 258 g/mol. The van der Waals surface area contributed by atoms with E-state index in [0.29, 0.717) is 19.1 Å². The summed E-state index contributed by atoms with van der Waals surface area (Å²) in [4.78, 5) is 0. The lowest BCUT2D eigenvalue weighted by Gasteiger charge is -2.27. The molecule has 1 heterocycles. The number of allylic oxidation sites excluding steroid dienone is 3. The number of aliphatic hydroxyl groups is 1. The summed E-state index contributed by atoms with van der Waals surface area (Å²) >= 11 is 0. The molecule has 0 saturated carbocycles. The Morgan fingerprint density at radius 1 is 1.26 bits per heavy atom. The Morgan fingerprint density at radius 2 is 2.11 bits per heavy atom. The molecule has 19 heavy (non-hydrogen) atoms. The average Bonchev–Trinajstić information content (AvgIpc) is 2.47. The number of hydrogen-bond acceptors (Lipinski definition) is 3. The van der Waals surface area contributed by atoms with E-state index in [0.717, 1.165) is 23.5 Å². The fraction of sp³-hybridized carbons (Fsp3) is 0.375. The maximum atomic E-state index is 9.36. The van der Waals surface area contributed by atoms with Gasteiger partial charge in [-0.05, 0) is 29.7 Å². The maximum absolute atomic E-state index is 9.36. The van der Waals surface area contributed by atoms with Crippen LogP contribution < -0.4 is 0 Å². The van der Waals surface area contributed by atoms with E-state index in [-0.39, 0.29) is 6.61 Å². The van der Waals surface area contributed by atoms with Crippen molar-refractivity contribution >= 4 is 0 Å². The first-order valence-electron chi connectivity index (χ1n) is 6.66. The molecule has 0 aromatic heterocycles. The predicted octanol–water partition coefficient (Wildman–Crippen LogP) is 2.79. The molecular formula is C16H18O3. The van der Waals surface area contributed by atoms with Crippen molar-refractivity contribution in [2.45, 2.75) is 25.9 Å². The highest BCUT2D eigenvalue weighted by atomic mass is 16.6. The summed E-state index contributed by atoms with van der Waals surface area (Å²) in [6, 6.07) is 6.10. The van der Waals surface area contributed by atoms with Crippen molar-refractivity contribution in [2.75, 3.05) is 13.2 Å². The zero-order valence-electron chi connectivity index (χ0n) is 11.1. The first-order chi connectivity index (χ1) is 9.29. The minimum absolute atomic E-state index is 0.0870. The average molecular weight is 258 g/mol. The highest BCUT2D eigenvalue weighted by Gasteiger charge is 2.24. The number of aliphatic hydroxyl groups excluding tert-OH is 1. The standard InChI is InChI=1S/C16H18O3/c1-11-13(10-17)3-2-4-14(11)12-5-6-15-16(9-12)19-8-7-18-15/h2-6,12,17H,7-10H2,1H3. The summed E-state index contributed by atoms with van der Waals surface area (Å²) in [7, 11) is 0. The molecule has 0 radical (unpaired) electrons. The quantitative estimate of drug-likeness (QED) is 0.886. The normalized spacial score (nSPS) is 21.7. The Labute approximate surface area is 113 Å². The van der Waals surface area contributed by atoms with Crippen molar-refractivity contribution in [3.8, 4) is 0 Å². The van der Waals surface area contributed by atoms with Crippen molar-refractivity contribution in [1.82, 2.24) is 0 Å². The molecule has 1 aliphatic carbocycles. The van der Waals surface area contributed by atoms with Crippen LogP contribution in [0.15, 0.2) is 41.9 Å². The Hall–Kier alpha value is -1.74. The molecule has 0 saturated heterocycles. The van der Waals surface area contributed by atoms with Crippen molar-refractivity contribution in [3.63, 3.8) is 0 Å². The highest BCUT2D eigenvalue weighted by molar-refractivity contribution is 5.41. The predicted molar refractivity (Wildman–Crippen MR) is 72.5 cm³/mol. The van der Waals surface area contributed by atoms with Crippen LogP contribution in [0.2, 0.25) is 0 Å². The minimum Gasteiger partial charge on any atom is -0.490 e. The Balaban J connectivity index is 1.89. The first kappa shape index (κ1) is 12.3. The van der Waals surface area contributed by atoms with Gasteiger partial charge in [-0.15, -0.1) is 0 Å². The van der Waals surface area contributed by atoms with Crippen LogP contribution in [0.5, 0.6) is 0 Å². The molecule has 0 fully saturated rings. The van der Waals surface area contributed by atoms with Gasteiger partial charge >= 0.3 is 0 Å². The third-order valence-corrected chi connectivity index (χ3v) is 3.83. The van der Waals surface area contributed by atoms with E-state index in [1.54, 1.807) is 0 Å². The largest absolute Gasteiger partial charge is 0.490 e. The van der Waals surface area contributed by atoms with Gasteiger partial charge in [0.05, 0.1) is 6.61 Å². The summed E-state index contributed by atoms with van der Waals surface area (Å²) in [6.45, 7) is 3.42. The molecule has 3 heteroatoms. The Bertz CT molecular complexity index is 543. The number of hydrogen-bond donors (Lipinski definition) is 1. The lowest BCUT2D eigenvalue weighted by molar-refractivity contribution is 0.0617. The summed E-state index contributed by atoms with van der Waals surface area (Å²) in [6.07, 6.45) is 5.01. The second-order valence-corrected chi connectivity index (χ2v) is 4.94. The molecule has 0 spiro atoms. The lowest BCUT2D eigenvalue weighted by atomic mass is 9.86. The van der Waals surface area contributed by atoms with Crippen molar-refractivity contribution in [1.29, 1.82) is 0 Å². The molecule has 100 valence electrons. The second kappa shape index (κ2) is 5.10. The van der Waals surface area contributed by atoms with Gasteiger partial charge in [0.1, 0.15) is 19.0 Å². The zero-order valence-corrected chi connectivity index (χ0v) is 11.1. The molecule has 1 N–H and O–H groups in total. The van der Waals surface area contributed by atoms with E-state index in [4.69, 9.17) is 9.47 Å². The molecule has 0 amide bonds. The van der Waals surface area contributed by atoms with E-state index in [1.165, 1.54) is 11.1 Å². The summed E-state index contributed by atoms with van der Waals surface area (Å²) < 4.78 is 11.3. The van der Waals surface area contributed by atoms with Gasteiger partial charge in [-0.2, -0.15) is 0 Å². The molecule has 2 aliphatic rings. The molecule has 3 rings (SSSR count). The van der Waals surface area contributed by atoms with Crippen molar-refractivity contribution in [3.05, 3.63) is 58.6 Å². The van der Waals surface area contributed by atoms with E-state index < -0.39 is 0 Å². The first-order valence-corrected chi connectivity index (χ1v) is 6.66. The molecule has 1 atom stereocenters. The topological polar surface area (TPSA) is 38.7 Å². The Kier molecular flexibility index (Phi) is 3.30. The van der Waals surface area contributed by atoms with Crippen LogP contribution in [0.25, 0.3) is 0 Å². The second-order valence-electron chi connectivity index (χ2n) is 4.94. The van der Waals surface area contributed by atoms with Gasteiger partial charge in [-0.1, -0.05) is 24.3 Å². The maximum Gasteiger partial charge on any atom is 0.156 e. The van der Waals surface area contributed by atoms with Crippen molar-refractivity contribution < 1.29 is 14.6 Å². The van der Waals surface area contributed by atoms with E-state index in [1.807, 2.05) is 18.2 Å². The van der Waals surface area contributed by atoms with Crippen LogP contribution in [-0.2, 0) is 16.1 Å². The molecule has 0 bridgehead atoms. The van der Waals surface area contributed by atoms with Gasteiger partial charge in [0.2, 0.25) is 0 Å². The Morgan fingerprint density at radius 3 is 2.95 bits per heavy atom. The minimum atomic E-state index is 0.0870. The van der Waals surface area contributed by atoms with Gasteiger partial charge in [0.25, 0.3) is 0 Å². The molecule has 1 aromatic rings. The summed E-state index contributed by atoms with van der Waals surface area (Å²) in [5.41, 5.74) is 3.41. The smallest absolute Gasteiger partial charge is 0.156 e. The zero-order chi connectivity index (χ0) is 13.2. The van der Waals surface area contributed by atoms with E-state index >= 15 is 0 Å². The van der Waals surface area contributed by atoms with Crippen LogP contribution in [0.1, 0.15) is 29.0 Å². The molecule has 3 nitrogen and oxygen atoms in total. The van der Waals surface area contributed by atoms with Gasteiger partial charge in [0, 0.05) is 12.3 Å². The third kappa shape index (κ3) is 2.26. The molecular weight excluding hydrogens is 240 g/mol. The highest BCUT2D eigenvalue weighted by Crippen LogP contribution is 2.35. The number of benzene rings is 1. The summed E-state index contributed by atoms with van der Waals surface area (Å²) in [5.74, 6) is 2.12. The third-order valence-electron chi connectivity index (χ3n) is 3.83. The van der Waals surface area contributed by atoms with E-state index in [2.05, 4.69) is 19.1 Å². The van der Waals surface area contributed by atoms with Crippen LogP contribution in [0.3, 0.4) is 0 Å². The lowest BCUT2D eigenvalue weighted by Crippen LogP contribution is -2.17. The van der Waals surface area contributed by atoms with Crippen LogP contribution in [-0.4, -0.2) is 18.3 Å². The summed E-state index contributed by atoms with van der Waals surface area (Å²) in [5, 5.41) is 9.36. The number of rotatable bonds is 2. The van der Waals surface area contributed by atoms with Gasteiger partial charge in [-0.3, -0.25) is 0 Å². The van der Waals surface area contributed by atoms with Crippen LogP contribution in [0.4, 0.5) is 0 Å². The number of ether oxygens (including phenoxy) is 2. The van der Waals surface area contributed by atoms with Gasteiger partial charge < -0.3 is 14.6 Å². The molecule has 1 aromatic carbocycles. The van der Waals surface area contributed by atoms with Gasteiger partial charge in [0.15, 0.2) is 5.76 Å². The SMILES string of the molecule is Cc1c(CO)cccc1C1C=CC2=C(C1)OCCO2. The molecule has 1 unspecified atom stereocenters. The fourth-order valence-corrected chi connectivity index (χ4v) is 2.73. The van der Waals surface area contributed by atoms with Crippen LogP contribution >= 0.6 is 0 Å². The van der Waals surface area contributed by atoms with Gasteiger partial charge in [-0.25, -0.2) is 0 Å². The molecule has 1 aliphatic heterocycles. The van der Waals surface area contributed by atoms with Crippen LogP contribution in [0, 0.1) is 6.92 Å². The van der Waals surface area contributed by atoms with Crippen molar-refractivity contribution in [2.24, 2.45) is 0 Å².